The Hall–Kier alpha value is -3.33. The van der Waals surface area contributed by atoms with E-state index in [1.165, 1.54) is 18.9 Å². The van der Waals surface area contributed by atoms with Crippen LogP contribution in [0.1, 0.15) is 10.5 Å². The van der Waals surface area contributed by atoms with Crippen LogP contribution in [0.3, 0.4) is 0 Å². The van der Waals surface area contributed by atoms with Crippen LogP contribution in [0.2, 0.25) is 0 Å². The second kappa shape index (κ2) is 9.44. The number of ether oxygens (including phenoxy) is 2. The summed E-state index contributed by atoms with van der Waals surface area (Å²) < 4.78 is 10.6. The maximum Gasteiger partial charge on any atom is 0.272 e. The maximum absolute atomic E-state index is 13.4. The number of phenols is 1. The van der Waals surface area contributed by atoms with Gasteiger partial charge in [-0.15, -0.1) is 0 Å². The van der Waals surface area contributed by atoms with Gasteiger partial charge in [-0.3, -0.25) is 4.79 Å². The number of nitrogens with zero attached hydrogens (tertiary/aromatic N) is 3. The molecule has 1 aliphatic rings. The van der Waals surface area contributed by atoms with Crippen LogP contribution in [0, 0.1) is 0 Å². The molecule has 8 nitrogen and oxygen atoms in total. The van der Waals surface area contributed by atoms with Gasteiger partial charge in [0, 0.05) is 43.9 Å². The van der Waals surface area contributed by atoms with Crippen LogP contribution in [0.15, 0.2) is 47.6 Å². The number of imidazole rings is 1. The summed E-state index contributed by atoms with van der Waals surface area (Å²) in [5, 5.41) is 11.3. The molecule has 1 saturated heterocycles. The second-order valence-electron chi connectivity index (χ2n) is 7.31. The first-order chi connectivity index (χ1) is 15.5. The van der Waals surface area contributed by atoms with Gasteiger partial charge >= 0.3 is 0 Å². The Morgan fingerprint density at radius 3 is 2.44 bits per heavy atom. The number of carbonyl (C=O) groups excluding carboxylic acids is 1. The number of aromatic hydroxyl groups is 1. The third-order valence-electron chi connectivity index (χ3n) is 5.53. The predicted octanol–water partition coefficient (Wildman–Crippen LogP) is 3.48. The van der Waals surface area contributed by atoms with Crippen LogP contribution in [0.5, 0.6) is 17.2 Å². The Kier molecular flexibility index (Phi) is 6.45. The molecule has 9 heteroatoms. The zero-order valence-corrected chi connectivity index (χ0v) is 19.1. The number of rotatable bonds is 6. The average molecular weight is 455 g/mol. The molecule has 0 saturated carbocycles. The fraction of sp³-hybridized carbons (Fsp3) is 0.304. The summed E-state index contributed by atoms with van der Waals surface area (Å²) in [5.41, 5.74) is 2.70. The number of methoxy groups -OCH3 is 2. The number of hydrogen-bond acceptors (Lipinski definition) is 7. The first-order valence-electron chi connectivity index (χ1n) is 10.2. The van der Waals surface area contributed by atoms with Gasteiger partial charge in [-0.25, -0.2) is 4.98 Å². The largest absolute Gasteiger partial charge is 0.503 e. The van der Waals surface area contributed by atoms with Crippen LogP contribution in [-0.2, 0) is 0 Å². The zero-order valence-electron chi connectivity index (χ0n) is 18.3. The molecular formula is C23H26N4O4S. The highest BCUT2D eigenvalue weighted by molar-refractivity contribution is 7.98. The van der Waals surface area contributed by atoms with Gasteiger partial charge in [0.2, 0.25) is 0 Å². The Bertz CT molecular complexity index is 1090. The van der Waals surface area contributed by atoms with E-state index in [-0.39, 0.29) is 11.7 Å². The Morgan fingerprint density at radius 2 is 1.81 bits per heavy atom. The van der Waals surface area contributed by atoms with Gasteiger partial charge in [0.05, 0.1) is 19.9 Å². The van der Waals surface area contributed by atoms with Crippen molar-refractivity contribution in [3.05, 3.63) is 48.2 Å². The van der Waals surface area contributed by atoms with Crippen LogP contribution in [-0.4, -0.2) is 72.5 Å². The number of nitrogens with one attached hydrogen (secondary N) is 1. The zero-order chi connectivity index (χ0) is 22.7. The third kappa shape index (κ3) is 4.20. The quantitative estimate of drug-likeness (QED) is 0.551. The Labute approximate surface area is 191 Å². The van der Waals surface area contributed by atoms with Crippen molar-refractivity contribution in [1.82, 2.24) is 14.9 Å². The summed E-state index contributed by atoms with van der Waals surface area (Å²) in [6.07, 6.45) is 1.93. The molecule has 1 fully saturated rings. The summed E-state index contributed by atoms with van der Waals surface area (Å²) in [5.74, 6) is 0.941. The van der Waals surface area contributed by atoms with Crippen molar-refractivity contribution in [2.45, 2.75) is 5.16 Å². The third-order valence-corrected chi connectivity index (χ3v) is 6.11. The van der Waals surface area contributed by atoms with Crippen molar-refractivity contribution in [3.8, 4) is 28.5 Å². The smallest absolute Gasteiger partial charge is 0.272 e. The Morgan fingerprint density at radius 1 is 1.09 bits per heavy atom. The van der Waals surface area contributed by atoms with E-state index in [2.05, 4.69) is 9.97 Å². The minimum atomic E-state index is -0.0799. The topological polar surface area (TPSA) is 90.9 Å². The molecule has 1 amide bonds. The number of anilines is 1. The van der Waals surface area contributed by atoms with Gasteiger partial charge < -0.3 is 29.4 Å². The van der Waals surface area contributed by atoms with Gasteiger partial charge in [-0.05, 0) is 6.26 Å². The fourth-order valence-corrected chi connectivity index (χ4v) is 4.19. The minimum absolute atomic E-state index is 0.0672. The minimum Gasteiger partial charge on any atom is -0.503 e. The molecule has 2 heterocycles. The maximum atomic E-state index is 13.4. The van der Waals surface area contributed by atoms with Crippen molar-refractivity contribution in [2.75, 3.05) is 51.6 Å². The molecule has 0 unspecified atom stereocenters. The van der Waals surface area contributed by atoms with Gasteiger partial charge in [0.15, 0.2) is 16.7 Å². The van der Waals surface area contributed by atoms with Crippen molar-refractivity contribution >= 4 is 23.4 Å². The number of aromatic amines is 1. The molecule has 0 atom stereocenters. The van der Waals surface area contributed by atoms with Crippen LogP contribution in [0.4, 0.5) is 5.69 Å². The van der Waals surface area contributed by atoms with Crippen molar-refractivity contribution in [3.63, 3.8) is 0 Å². The van der Waals surface area contributed by atoms with E-state index in [0.717, 1.165) is 5.56 Å². The van der Waals surface area contributed by atoms with Gasteiger partial charge in [0.25, 0.3) is 5.91 Å². The lowest BCUT2D eigenvalue weighted by molar-refractivity contribution is 0.0741. The van der Waals surface area contributed by atoms with Crippen molar-refractivity contribution < 1.29 is 19.4 Å². The van der Waals surface area contributed by atoms with E-state index in [1.54, 1.807) is 19.2 Å². The molecule has 32 heavy (non-hydrogen) atoms. The molecule has 1 aromatic heterocycles. The number of phenolic OH excluding ortho intramolecular Hbond substituents is 1. The highest BCUT2D eigenvalue weighted by Gasteiger charge is 2.28. The molecule has 4 rings (SSSR count). The molecular weight excluding hydrogens is 428 g/mol. The lowest BCUT2D eigenvalue weighted by Crippen LogP contribution is -2.49. The SMILES string of the molecule is COc1cc(OC)c(O)c(N2CCN(C(=O)c3[nH]c(SC)nc3-c3ccccc3)CC2)c1. The number of hydrogen-bond donors (Lipinski definition) is 2. The molecule has 2 aromatic carbocycles. The number of H-pyrrole nitrogens is 1. The normalized spacial score (nSPS) is 13.8. The molecule has 3 aromatic rings. The standard InChI is InChI=1S/C23H26N4O4S/c1-30-16-13-17(21(28)18(14-16)31-2)26-9-11-27(12-10-26)22(29)20-19(24-23(25-20)32-3)15-7-5-4-6-8-15/h4-8,13-14,28H,9-12H2,1-3H3,(H,24,25). The predicted molar refractivity (Wildman–Crippen MR) is 125 cm³/mol. The van der Waals surface area contributed by atoms with Crippen molar-refractivity contribution in [2.24, 2.45) is 0 Å². The molecule has 0 aliphatic carbocycles. The highest BCUT2D eigenvalue weighted by Crippen LogP contribution is 2.40. The molecule has 0 bridgehead atoms. The molecule has 0 spiro atoms. The lowest BCUT2D eigenvalue weighted by Gasteiger charge is -2.36. The number of carbonyl (C=O) groups is 1. The van der Waals surface area contributed by atoms with E-state index in [9.17, 15) is 9.90 Å². The number of thioether (sulfide) groups is 1. The van der Waals surface area contributed by atoms with Gasteiger partial charge in [-0.1, -0.05) is 42.1 Å². The summed E-state index contributed by atoms with van der Waals surface area (Å²) in [6.45, 7) is 2.17. The van der Waals surface area contributed by atoms with E-state index in [4.69, 9.17) is 9.47 Å². The van der Waals surface area contributed by atoms with E-state index >= 15 is 0 Å². The molecule has 2 N–H and O–H groups in total. The summed E-state index contributed by atoms with van der Waals surface area (Å²) >= 11 is 1.47. The van der Waals surface area contributed by atoms with Crippen LogP contribution in [0.25, 0.3) is 11.3 Å². The Balaban J connectivity index is 1.54. The molecule has 1 aliphatic heterocycles. The molecule has 168 valence electrons. The van der Waals surface area contributed by atoms with Gasteiger partial charge in [-0.2, -0.15) is 0 Å². The van der Waals surface area contributed by atoms with E-state index < -0.39 is 0 Å². The average Bonchev–Trinajstić information content (AvgIpc) is 3.29. The van der Waals surface area contributed by atoms with Gasteiger partial charge in [0.1, 0.15) is 17.1 Å². The lowest BCUT2D eigenvalue weighted by atomic mass is 10.1. The van der Waals surface area contributed by atoms with E-state index in [1.807, 2.05) is 46.4 Å². The number of piperazine rings is 1. The first-order valence-corrected chi connectivity index (χ1v) is 11.5. The first kappa shape index (κ1) is 21.9. The summed E-state index contributed by atoms with van der Waals surface area (Å²) in [7, 11) is 3.08. The fourth-order valence-electron chi connectivity index (χ4n) is 3.80. The number of benzene rings is 2. The number of aromatic nitrogens is 2. The van der Waals surface area contributed by atoms with Crippen molar-refractivity contribution in [1.29, 1.82) is 0 Å². The monoisotopic (exact) mass is 454 g/mol. The number of amides is 1. The summed E-state index contributed by atoms with van der Waals surface area (Å²) in [6, 6.07) is 13.1. The second-order valence-corrected chi connectivity index (χ2v) is 8.11. The summed E-state index contributed by atoms with van der Waals surface area (Å²) in [4.78, 5) is 25.0. The molecule has 0 radical (unpaired) electrons. The van der Waals surface area contributed by atoms with Crippen LogP contribution < -0.4 is 14.4 Å². The van der Waals surface area contributed by atoms with E-state index in [0.29, 0.717) is 59.9 Å². The van der Waals surface area contributed by atoms with Crippen LogP contribution >= 0.6 is 11.8 Å². The highest BCUT2D eigenvalue weighted by atomic mass is 32.2.